The third kappa shape index (κ3) is 2.70. The molecule has 0 aromatic carbocycles. The highest BCUT2D eigenvalue weighted by atomic mass is 16.2. The van der Waals surface area contributed by atoms with Crippen molar-refractivity contribution in [3.8, 4) is 0 Å². The van der Waals surface area contributed by atoms with Gasteiger partial charge in [0.2, 0.25) is 0 Å². The third-order valence-electron chi connectivity index (χ3n) is 3.65. The van der Waals surface area contributed by atoms with Crippen LogP contribution in [0.15, 0.2) is 24.5 Å². The van der Waals surface area contributed by atoms with Gasteiger partial charge in [0.15, 0.2) is 0 Å². The summed E-state index contributed by atoms with van der Waals surface area (Å²) >= 11 is 0. The first-order valence-corrected chi connectivity index (χ1v) is 6.70. The summed E-state index contributed by atoms with van der Waals surface area (Å²) in [5.74, 6) is 0.129. The molecule has 4 nitrogen and oxygen atoms in total. The van der Waals surface area contributed by atoms with Gasteiger partial charge in [0.25, 0.3) is 5.91 Å². The van der Waals surface area contributed by atoms with E-state index in [0.717, 1.165) is 31.5 Å². The van der Waals surface area contributed by atoms with E-state index in [9.17, 15) is 4.79 Å². The van der Waals surface area contributed by atoms with E-state index < -0.39 is 0 Å². The zero-order chi connectivity index (χ0) is 13.0. The van der Waals surface area contributed by atoms with Crippen LogP contribution in [0.5, 0.6) is 0 Å². The molecule has 18 heavy (non-hydrogen) atoms. The lowest BCUT2D eigenvalue weighted by atomic mass is 10.0. The highest BCUT2D eigenvalue weighted by Crippen LogP contribution is 2.15. The number of nitrogens with one attached hydrogen (secondary N) is 1. The van der Waals surface area contributed by atoms with Gasteiger partial charge >= 0.3 is 0 Å². The topological polar surface area (TPSA) is 45.2 Å². The van der Waals surface area contributed by atoms with Crippen LogP contribution in [-0.2, 0) is 0 Å². The van der Waals surface area contributed by atoms with Crippen molar-refractivity contribution in [2.75, 3.05) is 13.1 Å². The van der Waals surface area contributed by atoms with Gasteiger partial charge in [0, 0.05) is 43.1 Å². The molecule has 1 aromatic heterocycles. The van der Waals surface area contributed by atoms with Crippen LogP contribution in [-0.4, -0.2) is 41.0 Å². The average molecular weight is 247 g/mol. The first kappa shape index (κ1) is 13.0. The largest absolute Gasteiger partial charge is 0.333 e. The first-order valence-electron chi connectivity index (χ1n) is 6.70. The minimum Gasteiger partial charge on any atom is -0.333 e. The van der Waals surface area contributed by atoms with Crippen LogP contribution in [0.25, 0.3) is 0 Å². The molecule has 2 heterocycles. The number of hydrogen-bond acceptors (Lipinski definition) is 3. The zero-order valence-electron chi connectivity index (χ0n) is 11.1. The molecule has 1 aliphatic rings. The van der Waals surface area contributed by atoms with Gasteiger partial charge in [0.05, 0.1) is 0 Å². The Hall–Kier alpha value is -1.42. The molecule has 1 aliphatic heterocycles. The van der Waals surface area contributed by atoms with Gasteiger partial charge in [-0.05, 0) is 25.0 Å². The van der Waals surface area contributed by atoms with Crippen LogP contribution in [0.2, 0.25) is 0 Å². The molecule has 0 spiro atoms. The molecule has 2 unspecified atom stereocenters. The SMILES string of the molecule is CCC1CN(C(=O)c2ccncc2)C(CC)CN1. The van der Waals surface area contributed by atoms with Gasteiger partial charge in [0.1, 0.15) is 0 Å². The Balaban J connectivity index is 2.15. The van der Waals surface area contributed by atoms with Crippen molar-refractivity contribution in [2.24, 2.45) is 0 Å². The summed E-state index contributed by atoms with van der Waals surface area (Å²) in [7, 11) is 0. The lowest BCUT2D eigenvalue weighted by Crippen LogP contribution is -2.57. The number of nitrogens with zero attached hydrogens (tertiary/aromatic N) is 2. The quantitative estimate of drug-likeness (QED) is 0.884. The standard InChI is InChI=1S/C14H21N3O/c1-3-12-10-17(13(4-2)9-16-12)14(18)11-5-7-15-8-6-11/h5-8,12-13,16H,3-4,9-10H2,1-2H3. The summed E-state index contributed by atoms with van der Waals surface area (Å²) in [5, 5.41) is 3.50. The van der Waals surface area contributed by atoms with Gasteiger partial charge in [-0.15, -0.1) is 0 Å². The van der Waals surface area contributed by atoms with E-state index in [-0.39, 0.29) is 5.91 Å². The molecule has 0 saturated carbocycles. The number of piperazine rings is 1. The van der Waals surface area contributed by atoms with Gasteiger partial charge in [-0.3, -0.25) is 9.78 Å². The minimum absolute atomic E-state index is 0.129. The molecule has 0 radical (unpaired) electrons. The van der Waals surface area contributed by atoms with Crippen molar-refractivity contribution in [1.82, 2.24) is 15.2 Å². The Labute approximate surface area is 108 Å². The van der Waals surface area contributed by atoms with E-state index in [0.29, 0.717) is 12.1 Å². The van der Waals surface area contributed by atoms with Crippen LogP contribution in [0.4, 0.5) is 0 Å². The fourth-order valence-corrected chi connectivity index (χ4v) is 2.41. The van der Waals surface area contributed by atoms with Crippen molar-refractivity contribution in [3.05, 3.63) is 30.1 Å². The molecule has 2 atom stereocenters. The van der Waals surface area contributed by atoms with Crippen molar-refractivity contribution in [1.29, 1.82) is 0 Å². The molecule has 1 N–H and O–H groups in total. The highest BCUT2D eigenvalue weighted by Gasteiger charge is 2.29. The second-order valence-corrected chi connectivity index (χ2v) is 4.77. The predicted molar refractivity (Wildman–Crippen MR) is 71.4 cm³/mol. The number of amides is 1. The van der Waals surface area contributed by atoms with Crippen LogP contribution >= 0.6 is 0 Å². The molecular weight excluding hydrogens is 226 g/mol. The number of pyridine rings is 1. The maximum atomic E-state index is 12.5. The molecular formula is C14H21N3O. The number of rotatable bonds is 3. The molecule has 0 bridgehead atoms. The smallest absolute Gasteiger partial charge is 0.254 e. The number of carbonyl (C=O) groups is 1. The second-order valence-electron chi connectivity index (χ2n) is 4.77. The van der Waals surface area contributed by atoms with E-state index in [1.54, 1.807) is 24.5 Å². The number of hydrogen-bond donors (Lipinski definition) is 1. The number of aromatic nitrogens is 1. The summed E-state index contributed by atoms with van der Waals surface area (Å²) < 4.78 is 0. The normalized spacial score (nSPS) is 24.0. The molecule has 1 amide bonds. The molecule has 0 aliphatic carbocycles. The van der Waals surface area contributed by atoms with Gasteiger partial charge in [-0.1, -0.05) is 13.8 Å². The van der Waals surface area contributed by atoms with Crippen molar-refractivity contribution >= 4 is 5.91 Å². The molecule has 2 rings (SSSR count). The van der Waals surface area contributed by atoms with E-state index >= 15 is 0 Å². The lowest BCUT2D eigenvalue weighted by Gasteiger charge is -2.40. The Morgan fingerprint density at radius 2 is 2.11 bits per heavy atom. The lowest BCUT2D eigenvalue weighted by molar-refractivity contribution is 0.0576. The molecule has 1 saturated heterocycles. The van der Waals surface area contributed by atoms with E-state index in [2.05, 4.69) is 24.1 Å². The summed E-state index contributed by atoms with van der Waals surface area (Å²) in [4.78, 5) is 18.5. The molecule has 4 heteroatoms. The van der Waals surface area contributed by atoms with Crippen LogP contribution < -0.4 is 5.32 Å². The summed E-state index contributed by atoms with van der Waals surface area (Å²) in [6.45, 7) is 5.98. The van der Waals surface area contributed by atoms with Crippen LogP contribution in [0.1, 0.15) is 37.0 Å². The minimum atomic E-state index is 0.129. The van der Waals surface area contributed by atoms with Gasteiger partial charge in [-0.2, -0.15) is 0 Å². The Morgan fingerprint density at radius 3 is 2.72 bits per heavy atom. The average Bonchev–Trinajstić information content (AvgIpc) is 2.46. The molecule has 98 valence electrons. The van der Waals surface area contributed by atoms with Crippen molar-refractivity contribution in [3.63, 3.8) is 0 Å². The van der Waals surface area contributed by atoms with Gasteiger partial charge < -0.3 is 10.2 Å². The predicted octanol–water partition coefficient (Wildman–Crippen LogP) is 1.68. The Morgan fingerprint density at radius 1 is 1.39 bits per heavy atom. The van der Waals surface area contributed by atoms with Crippen molar-refractivity contribution < 1.29 is 4.79 Å². The highest BCUT2D eigenvalue weighted by molar-refractivity contribution is 5.94. The van der Waals surface area contributed by atoms with E-state index in [1.807, 2.05) is 4.90 Å². The van der Waals surface area contributed by atoms with Gasteiger partial charge in [-0.25, -0.2) is 0 Å². The Bertz CT molecular complexity index is 393. The van der Waals surface area contributed by atoms with E-state index in [4.69, 9.17) is 0 Å². The fraction of sp³-hybridized carbons (Fsp3) is 0.571. The zero-order valence-corrected chi connectivity index (χ0v) is 11.1. The molecule has 1 fully saturated rings. The Kier molecular flexibility index (Phi) is 4.31. The summed E-state index contributed by atoms with van der Waals surface area (Å²) in [6, 6.07) is 4.29. The van der Waals surface area contributed by atoms with Crippen molar-refractivity contribution in [2.45, 2.75) is 38.8 Å². The first-order chi connectivity index (χ1) is 8.76. The maximum absolute atomic E-state index is 12.5. The van der Waals surface area contributed by atoms with Crippen LogP contribution in [0, 0.1) is 0 Å². The maximum Gasteiger partial charge on any atom is 0.254 e. The van der Waals surface area contributed by atoms with E-state index in [1.165, 1.54) is 0 Å². The summed E-state index contributed by atoms with van der Waals surface area (Å²) in [6.07, 6.45) is 5.39. The number of carbonyl (C=O) groups excluding carboxylic acids is 1. The summed E-state index contributed by atoms with van der Waals surface area (Å²) in [5.41, 5.74) is 0.736. The second kappa shape index (κ2) is 5.96. The fourth-order valence-electron chi connectivity index (χ4n) is 2.41. The van der Waals surface area contributed by atoms with Crippen LogP contribution in [0.3, 0.4) is 0 Å². The third-order valence-corrected chi connectivity index (χ3v) is 3.65. The monoisotopic (exact) mass is 247 g/mol. The molecule has 1 aromatic rings.